The Morgan fingerprint density at radius 2 is 2.20 bits per heavy atom. The summed E-state index contributed by atoms with van der Waals surface area (Å²) in [7, 11) is 1.33. The van der Waals surface area contributed by atoms with Gasteiger partial charge in [-0.25, -0.2) is 4.79 Å². The van der Waals surface area contributed by atoms with Crippen molar-refractivity contribution in [3.63, 3.8) is 0 Å². The van der Waals surface area contributed by atoms with Crippen molar-refractivity contribution in [3.8, 4) is 0 Å². The lowest BCUT2D eigenvalue weighted by atomic mass is 10.1. The number of alkyl carbamates (subject to hydrolysis) is 1. The maximum atomic E-state index is 11.5. The summed E-state index contributed by atoms with van der Waals surface area (Å²) in [6, 6.07) is 5.05. The van der Waals surface area contributed by atoms with Gasteiger partial charge < -0.3 is 26.4 Å². The fourth-order valence-corrected chi connectivity index (χ4v) is 2.35. The first-order valence-corrected chi connectivity index (χ1v) is 6.30. The molecule has 20 heavy (non-hydrogen) atoms. The van der Waals surface area contributed by atoms with Crippen LogP contribution < -0.4 is 21.7 Å². The van der Waals surface area contributed by atoms with E-state index in [1.54, 1.807) is 18.2 Å². The number of rotatable bonds is 3. The van der Waals surface area contributed by atoms with Gasteiger partial charge in [0.2, 0.25) is 0 Å². The van der Waals surface area contributed by atoms with E-state index in [1.807, 2.05) is 4.90 Å². The predicted molar refractivity (Wildman–Crippen MR) is 75.5 cm³/mol. The zero-order chi connectivity index (χ0) is 14.7. The molecule has 1 saturated heterocycles. The normalized spacial score (nSPS) is 17.9. The summed E-state index contributed by atoms with van der Waals surface area (Å²) in [6.45, 7) is 1.32. The smallest absolute Gasteiger partial charge is 0.407 e. The number of carbonyl (C=O) groups is 2. The van der Waals surface area contributed by atoms with E-state index in [9.17, 15) is 9.59 Å². The van der Waals surface area contributed by atoms with Crippen molar-refractivity contribution in [1.29, 1.82) is 0 Å². The lowest BCUT2D eigenvalue weighted by Gasteiger charge is -2.21. The van der Waals surface area contributed by atoms with Gasteiger partial charge in [0.25, 0.3) is 5.91 Å². The first-order valence-electron chi connectivity index (χ1n) is 6.30. The molecule has 1 aliphatic heterocycles. The van der Waals surface area contributed by atoms with Gasteiger partial charge in [0.1, 0.15) is 0 Å². The third-order valence-corrected chi connectivity index (χ3v) is 3.32. The summed E-state index contributed by atoms with van der Waals surface area (Å²) in [5, 5.41) is 2.74. The molecule has 0 bridgehead atoms. The minimum atomic E-state index is -0.517. The fraction of sp³-hybridized carbons (Fsp3) is 0.385. The molecule has 1 aromatic carbocycles. The summed E-state index contributed by atoms with van der Waals surface area (Å²) >= 11 is 0. The van der Waals surface area contributed by atoms with Crippen molar-refractivity contribution in [2.24, 2.45) is 5.73 Å². The van der Waals surface area contributed by atoms with Crippen molar-refractivity contribution in [2.75, 3.05) is 30.8 Å². The molecule has 1 aliphatic rings. The lowest BCUT2D eigenvalue weighted by Crippen LogP contribution is -2.37. The number of nitrogens with one attached hydrogen (secondary N) is 1. The Labute approximate surface area is 116 Å². The predicted octanol–water partition coefficient (Wildman–Crippen LogP) is 0.302. The summed E-state index contributed by atoms with van der Waals surface area (Å²) < 4.78 is 4.57. The van der Waals surface area contributed by atoms with Crippen LogP contribution in [0.3, 0.4) is 0 Å². The Kier molecular flexibility index (Phi) is 3.97. The second-order valence-electron chi connectivity index (χ2n) is 4.71. The van der Waals surface area contributed by atoms with Crippen LogP contribution in [0, 0.1) is 0 Å². The monoisotopic (exact) mass is 278 g/mol. The minimum absolute atomic E-state index is 0.0132. The first-order chi connectivity index (χ1) is 9.51. The van der Waals surface area contributed by atoms with Gasteiger partial charge in [-0.05, 0) is 24.6 Å². The zero-order valence-corrected chi connectivity index (χ0v) is 11.3. The number of amides is 2. The molecule has 1 fully saturated rings. The Hall–Kier alpha value is -2.44. The van der Waals surface area contributed by atoms with Crippen LogP contribution in [-0.4, -0.2) is 38.2 Å². The molecule has 0 aliphatic carbocycles. The number of ether oxygens (including phenoxy) is 1. The van der Waals surface area contributed by atoms with Crippen LogP contribution in [0.15, 0.2) is 18.2 Å². The van der Waals surface area contributed by atoms with Gasteiger partial charge in [0.05, 0.1) is 18.7 Å². The van der Waals surface area contributed by atoms with Gasteiger partial charge in [-0.15, -0.1) is 0 Å². The topological polar surface area (TPSA) is 111 Å². The molecule has 1 aromatic rings. The van der Waals surface area contributed by atoms with Crippen LogP contribution in [0.4, 0.5) is 16.2 Å². The van der Waals surface area contributed by atoms with Crippen molar-refractivity contribution in [2.45, 2.75) is 12.5 Å². The highest BCUT2D eigenvalue weighted by atomic mass is 16.5. The number of methoxy groups -OCH3 is 1. The molecular formula is C13H18N4O3. The highest BCUT2D eigenvalue weighted by Gasteiger charge is 2.26. The molecule has 5 N–H and O–H groups in total. The van der Waals surface area contributed by atoms with Gasteiger partial charge in [-0.1, -0.05) is 0 Å². The summed E-state index contributed by atoms with van der Waals surface area (Å²) in [5.74, 6) is -0.517. The zero-order valence-electron chi connectivity index (χ0n) is 11.3. The highest BCUT2D eigenvalue weighted by molar-refractivity contribution is 5.99. The van der Waals surface area contributed by atoms with Gasteiger partial charge in [0, 0.05) is 24.5 Å². The number of nitrogen functional groups attached to an aromatic ring is 1. The molecule has 1 atom stereocenters. The molecule has 7 heteroatoms. The second-order valence-corrected chi connectivity index (χ2v) is 4.71. The van der Waals surface area contributed by atoms with Gasteiger partial charge in [-0.2, -0.15) is 0 Å². The van der Waals surface area contributed by atoms with Gasteiger partial charge in [0.15, 0.2) is 0 Å². The lowest BCUT2D eigenvalue weighted by molar-refractivity contribution is 0.100. The molecule has 1 unspecified atom stereocenters. The molecule has 7 nitrogen and oxygen atoms in total. The molecule has 2 rings (SSSR count). The van der Waals surface area contributed by atoms with Gasteiger partial charge >= 0.3 is 6.09 Å². The number of carbonyl (C=O) groups excluding carboxylic acids is 2. The van der Waals surface area contributed by atoms with E-state index < -0.39 is 12.0 Å². The van der Waals surface area contributed by atoms with Crippen molar-refractivity contribution in [3.05, 3.63) is 23.8 Å². The molecule has 0 aromatic heterocycles. The Balaban J connectivity index is 2.14. The number of nitrogens with zero attached hydrogens (tertiary/aromatic N) is 1. The number of anilines is 2. The van der Waals surface area contributed by atoms with Gasteiger partial charge in [-0.3, -0.25) is 4.79 Å². The maximum Gasteiger partial charge on any atom is 0.407 e. The minimum Gasteiger partial charge on any atom is -0.453 e. The second kappa shape index (κ2) is 5.68. The van der Waals surface area contributed by atoms with Crippen molar-refractivity contribution >= 4 is 23.4 Å². The number of hydrogen-bond donors (Lipinski definition) is 3. The number of nitrogens with two attached hydrogens (primary N) is 2. The third-order valence-electron chi connectivity index (χ3n) is 3.32. The van der Waals surface area contributed by atoms with Crippen molar-refractivity contribution in [1.82, 2.24) is 5.32 Å². The highest BCUT2D eigenvalue weighted by Crippen LogP contribution is 2.26. The number of primary amides is 1. The van der Waals surface area contributed by atoms with Crippen LogP contribution in [0.5, 0.6) is 0 Å². The molecule has 0 spiro atoms. The molecule has 0 saturated carbocycles. The SMILES string of the molecule is COC(=O)NC1CCN(c2ccc(N)cc2C(N)=O)C1. The van der Waals surface area contributed by atoms with E-state index in [0.29, 0.717) is 17.8 Å². The third kappa shape index (κ3) is 2.93. The van der Waals surface area contributed by atoms with E-state index in [2.05, 4.69) is 10.1 Å². The Morgan fingerprint density at radius 3 is 2.85 bits per heavy atom. The number of hydrogen-bond acceptors (Lipinski definition) is 5. The van der Waals surface area contributed by atoms with Crippen LogP contribution >= 0.6 is 0 Å². The fourth-order valence-electron chi connectivity index (χ4n) is 2.35. The van der Waals surface area contributed by atoms with Crippen molar-refractivity contribution < 1.29 is 14.3 Å². The maximum absolute atomic E-state index is 11.5. The Bertz CT molecular complexity index is 532. The molecule has 0 radical (unpaired) electrons. The first kappa shape index (κ1) is 14.0. The van der Waals surface area contributed by atoms with E-state index >= 15 is 0 Å². The van der Waals surface area contributed by atoms with Crippen LogP contribution in [-0.2, 0) is 4.74 Å². The summed E-state index contributed by atoms with van der Waals surface area (Å²) in [6.07, 6.45) is 0.321. The Morgan fingerprint density at radius 1 is 1.45 bits per heavy atom. The number of benzene rings is 1. The van der Waals surface area contributed by atoms with E-state index in [4.69, 9.17) is 11.5 Å². The molecule has 108 valence electrons. The van der Waals surface area contributed by atoms with Crippen LogP contribution in [0.2, 0.25) is 0 Å². The van der Waals surface area contributed by atoms with E-state index in [0.717, 1.165) is 18.7 Å². The van der Waals surface area contributed by atoms with E-state index in [-0.39, 0.29) is 6.04 Å². The summed E-state index contributed by atoms with van der Waals surface area (Å²) in [4.78, 5) is 24.7. The molecule has 1 heterocycles. The average Bonchev–Trinajstić information content (AvgIpc) is 2.86. The van der Waals surface area contributed by atoms with Crippen LogP contribution in [0.1, 0.15) is 16.8 Å². The largest absolute Gasteiger partial charge is 0.453 e. The van der Waals surface area contributed by atoms with Crippen LogP contribution in [0.25, 0.3) is 0 Å². The molecule has 2 amide bonds. The average molecular weight is 278 g/mol. The summed E-state index contributed by atoms with van der Waals surface area (Å²) in [5.41, 5.74) is 12.7. The standard InChI is InChI=1S/C13H18N4O3/c1-20-13(19)16-9-4-5-17(7-9)11-3-2-8(14)6-10(11)12(15)18/h2-3,6,9H,4-5,7,14H2,1H3,(H2,15,18)(H,16,19). The quantitative estimate of drug-likeness (QED) is 0.689. The van der Waals surface area contributed by atoms with E-state index in [1.165, 1.54) is 7.11 Å². The molecular weight excluding hydrogens is 260 g/mol.